The second-order valence-corrected chi connectivity index (χ2v) is 5.80. The van der Waals surface area contributed by atoms with Crippen molar-refractivity contribution < 1.29 is 19.1 Å². The molecule has 1 saturated heterocycles. The topological polar surface area (TPSA) is 87.7 Å². The van der Waals surface area contributed by atoms with Gasteiger partial charge in [0.25, 0.3) is 5.91 Å². The van der Waals surface area contributed by atoms with Crippen molar-refractivity contribution in [3.63, 3.8) is 0 Å². The van der Waals surface area contributed by atoms with Crippen LogP contribution >= 0.6 is 0 Å². The molecule has 1 heterocycles. The van der Waals surface area contributed by atoms with E-state index in [-0.39, 0.29) is 18.4 Å². The molecule has 0 aliphatic carbocycles. The van der Waals surface area contributed by atoms with Crippen molar-refractivity contribution in [1.29, 1.82) is 0 Å². The van der Waals surface area contributed by atoms with Crippen molar-refractivity contribution in [1.82, 2.24) is 10.2 Å². The number of ether oxygens (including phenoxy) is 1. The number of nitrogens with zero attached hydrogens (tertiary/aromatic N) is 1. The van der Waals surface area contributed by atoms with Crippen LogP contribution in [0.1, 0.15) is 20.3 Å². The van der Waals surface area contributed by atoms with E-state index in [0.29, 0.717) is 17.9 Å². The highest BCUT2D eigenvalue weighted by Crippen LogP contribution is 2.23. The van der Waals surface area contributed by atoms with E-state index in [1.807, 2.05) is 13.8 Å². The maximum absolute atomic E-state index is 12.2. The van der Waals surface area contributed by atoms with Crippen molar-refractivity contribution in [2.75, 3.05) is 19.0 Å². The van der Waals surface area contributed by atoms with Gasteiger partial charge in [0.15, 0.2) is 0 Å². The molecule has 1 atom stereocenters. The quantitative estimate of drug-likeness (QED) is 0.780. The van der Waals surface area contributed by atoms with Gasteiger partial charge in [0, 0.05) is 0 Å². The van der Waals surface area contributed by atoms with Crippen LogP contribution < -0.4 is 15.4 Å². The molecule has 1 fully saturated rings. The average molecular weight is 319 g/mol. The van der Waals surface area contributed by atoms with Crippen LogP contribution in [0.25, 0.3) is 0 Å². The Morgan fingerprint density at radius 1 is 1.35 bits per heavy atom. The monoisotopic (exact) mass is 319 g/mol. The minimum atomic E-state index is -0.554. The summed E-state index contributed by atoms with van der Waals surface area (Å²) in [5, 5.41) is 5.26. The zero-order valence-electron chi connectivity index (χ0n) is 13.5. The van der Waals surface area contributed by atoms with Gasteiger partial charge in [-0.3, -0.25) is 14.5 Å². The Kier molecular flexibility index (Phi) is 5.20. The van der Waals surface area contributed by atoms with Gasteiger partial charge >= 0.3 is 6.03 Å². The van der Waals surface area contributed by atoms with E-state index in [4.69, 9.17) is 4.74 Å². The number of urea groups is 1. The lowest BCUT2D eigenvalue weighted by Crippen LogP contribution is -2.38. The van der Waals surface area contributed by atoms with Gasteiger partial charge in [-0.2, -0.15) is 0 Å². The molecule has 7 nitrogen and oxygen atoms in total. The van der Waals surface area contributed by atoms with Gasteiger partial charge < -0.3 is 15.4 Å². The van der Waals surface area contributed by atoms with Crippen LogP contribution in [0.3, 0.4) is 0 Å². The van der Waals surface area contributed by atoms with Gasteiger partial charge in [0.1, 0.15) is 18.3 Å². The van der Waals surface area contributed by atoms with Gasteiger partial charge in [0.2, 0.25) is 5.91 Å². The summed E-state index contributed by atoms with van der Waals surface area (Å²) in [4.78, 5) is 37.1. The van der Waals surface area contributed by atoms with Gasteiger partial charge in [-0.05, 0) is 24.5 Å². The van der Waals surface area contributed by atoms with Crippen molar-refractivity contribution in [3.8, 4) is 5.75 Å². The predicted molar refractivity (Wildman–Crippen MR) is 85.1 cm³/mol. The Hall–Kier alpha value is -2.57. The number of hydrogen-bond donors (Lipinski definition) is 2. The minimum absolute atomic E-state index is 0.270. The van der Waals surface area contributed by atoms with E-state index in [2.05, 4.69) is 10.6 Å². The van der Waals surface area contributed by atoms with Gasteiger partial charge in [-0.25, -0.2) is 4.79 Å². The summed E-state index contributed by atoms with van der Waals surface area (Å²) in [6, 6.07) is 5.84. The lowest BCUT2D eigenvalue weighted by Gasteiger charge is -2.14. The summed E-state index contributed by atoms with van der Waals surface area (Å²) < 4.78 is 5.14. The second-order valence-electron chi connectivity index (χ2n) is 5.80. The smallest absolute Gasteiger partial charge is 0.325 e. The highest BCUT2D eigenvalue weighted by Gasteiger charge is 2.39. The van der Waals surface area contributed by atoms with Crippen molar-refractivity contribution >= 4 is 23.5 Å². The molecule has 0 bridgehead atoms. The molecule has 7 heteroatoms. The summed E-state index contributed by atoms with van der Waals surface area (Å²) in [5.74, 6) is -0.0376. The van der Waals surface area contributed by atoms with E-state index >= 15 is 0 Å². The Morgan fingerprint density at radius 2 is 2.04 bits per heavy atom. The molecule has 0 radical (unpaired) electrons. The Morgan fingerprint density at radius 3 is 2.70 bits per heavy atom. The summed E-state index contributed by atoms with van der Waals surface area (Å²) in [6.07, 6.45) is 0.551. The number of methoxy groups -OCH3 is 1. The summed E-state index contributed by atoms with van der Waals surface area (Å²) in [5.41, 5.74) is 0.491. The molecule has 0 aromatic heterocycles. The number of rotatable bonds is 6. The molecular weight excluding hydrogens is 298 g/mol. The third-order valence-electron chi connectivity index (χ3n) is 3.50. The summed E-state index contributed by atoms with van der Waals surface area (Å²) in [7, 11) is 1.50. The number of amides is 4. The first-order valence-corrected chi connectivity index (χ1v) is 7.47. The molecule has 2 N–H and O–H groups in total. The number of anilines is 1. The first-order chi connectivity index (χ1) is 10.9. The fourth-order valence-electron chi connectivity index (χ4n) is 2.44. The Labute approximate surface area is 135 Å². The van der Waals surface area contributed by atoms with Crippen LogP contribution in [0.4, 0.5) is 10.5 Å². The number of imide groups is 1. The minimum Gasteiger partial charge on any atom is -0.495 e. The van der Waals surface area contributed by atoms with Gasteiger partial charge in [-0.1, -0.05) is 26.0 Å². The van der Waals surface area contributed by atoms with E-state index in [1.54, 1.807) is 24.3 Å². The van der Waals surface area contributed by atoms with Crippen molar-refractivity contribution in [3.05, 3.63) is 24.3 Å². The first kappa shape index (κ1) is 16.8. The zero-order chi connectivity index (χ0) is 17.0. The third kappa shape index (κ3) is 4.00. The van der Waals surface area contributed by atoms with E-state index < -0.39 is 18.0 Å². The number of hydrogen-bond acceptors (Lipinski definition) is 4. The molecule has 1 aromatic rings. The van der Waals surface area contributed by atoms with Gasteiger partial charge in [-0.15, -0.1) is 0 Å². The molecule has 0 unspecified atom stereocenters. The number of carbonyl (C=O) groups excluding carboxylic acids is 3. The first-order valence-electron chi connectivity index (χ1n) is 7.47. The summed E-state index contributed by atoms with van der Waals surface area (Å²) >= 11 is 0. The molecule has 1 aliphatic heterocycles. The Bertz CT molecular complexity index is 615. The second kappa shape index (κ2) is 7.13. The van der Waals surface area contributed by atoms with Crippen molar-refractivity contribution in [2.45, 2.75) is 26.3 Å². The highest BCUT2D eigenvalue weighted by molar-refractivity contribution is 6.08. The van der Waals surface area contributed by atoms with Crippen LogP contribution in [0, 0.1) is 5.92 Å². The normalized spacial score (nSPS) is 17.4. The van der Waals surface area contributed by atoms with Crippen LogP contribution in [0.5, 0.6) is 5.75 Å². The number of carbonyl (C=O) groups is 3. The molecule has 23 heavy (non-hydrogen) atoms. The van der Waals surface area contributed by atoms with E-state index in [9.17, 15) is 14.4 Å². The maximum atomic E-state index is 12.2. The van der Waals surface area contributed by atoms with Crippen LogP contribution in [0.15, 0.2) is 24.3 Å². The number of benzene rings is 1. The number of nitrogens with one attached hydrogen (secondary N) is 2. The molecular formula is C16H21N3O4. The lowest BCUT2D eigenvalue weighted by molar-refractivity contribution is -0.131. The fraction of sp³-hybridized carbons (Fsp3) is 0.438. The highest BCUT2D eigenvalue weighted by atomic mass is 16.5. The van der Waals surface area contributed by atoms with Crippen LogP contribution in [-0.4, -0.2) is 42.4 Å². The van der Waals surface area contributed by atoms with Gasteiger partial charge in [0.05, 0.1) is 12.8 Å². The third-order valence-corrected chi connectivity index (χ3v) is 3.50. The predicted octanol–water partition coefficient (Wildman–Crippen LogP) is 1.60. The largest absolute Gasteiger partial charge is 0.495 e. The zero-order valence-corrected chi connectivity index (χ0v) is 13.5. The molecule has 2 rings (SSSR count). The maximum Gasteiger partial charge on any atom is 0.325 e. The van der Waals surface area contributed by atoms with Crippen molar-refractivity contribution in [2.24, 2.45) is 5.92 Å². The molecule has 1 aromatic carbocycles. The van der Waals surface area contributed by atoms with Crippen LogP contribution in [-0.2, 0) is 9.59 Å². The molecule has 0 saturated carbocycles. The molecule has 124 valence electrons. The SMILES string of the molecule is COc1ccccc1NC(=O)CN1C(=O)N[C@@H](CC(C)C)C1=O. The Balaban J connectivity index is 2.00. The van der Waals surface area contributed by atoms with E-state index in [1.165, 1.54) is 7.11 Å². The lowest BCUT2D eigenvalue weighted by atomic mass is 10.0. The average Bonchev–Trinajstić information content (AvgIpc) is 2.74. The standard InChI is InChI=1S/C16H21N3O4/c1-10(2)8-12-15(21)19(16(22)18-12)9-14(20)17-11-6-4-5-7-13(11)23-3/h4-7,10,12H,8-9H2,1-3H3,(H,17,20)(H,18,22)/t12-/m0/s1. The number of para-hydroxylation sites is 2. The van der Waals surface area contributed by atoms with Crippen LogP contribution in [0.2, 0.25) is 0 Å². The van der Waals surface area contributed by atoms with E-state index in [0.717, 1.165) is 4.90 Å². The fourth-order valence-corrected chi connectivity index (χ4v) is 2.44. The molecule has 0 spiro atoms. The summed E-state index contributed by atoms with van der Waals surface area (Å²) in [6.45, 7) is 3.62. The molecule has 4 amide bonds. The molecule has 1 aliphatic rings.